The number of carbonyl (C=O) groups is 1. The van der Waals surface area contributed by atoms with Gasteiger partial charge >= 0.3 is 6.36 Å². The summed E-state index contributed by atoms with van der Waals surface area (Å²) in [5.74, 6) is 0.349. The normalized spacial score (nSPS) is 20.7. The number of hydrogen-bond acceptors (Lipinski definition) is 4. The predicted molar refractivity (Wildman–Crippen MR) is 114 cm³/mol. The lowest BCUT2D eigenvalue weighted by atomic mass is 10.0. The lowest BCUT2D eigenvalue weighted by Crippen LogP contribution is -2.46. The zero-order chi connectivity index (χ0) is 23.0. The second-order valence-electron chi connectivity index (χ2n) is 8.91. The summed E-state index contributed by atoms with van der Waals surface area (Å²) in [7, 11) is 0. The van der Waals surface area contributed by atoms with Crippen LogP contribution in [0.3, 0.4) is 0 Å². The number of aryl methyl sites for hydroxylation is 1. The first-order chi connectivity index (χ1) is 15.1. The molecule has 1 amide bonds. The van der Waals surface area contributed by atoms with E-state index < -0.39 is 6.36 Å². The number of amides is 1. The van der Waals surface area contributed by atoms with Crippen LogP contribution in [0.4, 0.5) is 13.2 Å². The molecule has 9 heteroatoms. The number of hydrogen-bond donors (Lipinski definition) is 0. The van der Waals surface area contributed by atoms with Crippen molar-refractivity contribution < 1.29 is 22.7 Å². The molecule has 1 atom stereocenters. The maximum absolute atomic E-state index is 13.3. The first kappa shape index (κ1) is 22.6. The number of carbonyl (C=O) groups excluding carboxylic acids is 1. The SMILES string of the molecule is Cc1nn(-c2cccc(OC(F)(F)F)c2)c(C)c1C(=O)N1CCC(N2CCC(C)C2)CC1. The molecule has 2 aliphatic rings. The Morgan fingerprint density at radius 1 is 1.12 bits per heavy atom. The van der Waals surface area contributed by atoms with E-state index in [2.05, 4.69) is 21.7 Å². The van der Waals surface area contributed by atoms with Gasteiger partial charge in [0.05, 0.1) is 22.6 Å². The van der Waals surface area contributed by atoms with Crippen LogP contribution >= 0.6 is 0 Å². The van der Waals surface area contributed by atoms with Gasteiger partial charge in [-0.25, -0.2) is 4.68 Å². The van der Waals surface area contributed by atoms with Crippen molar-refractivity contribution in [1.29, 1.82) is 0 Å². The van der Waals surface area contributed by atoms with Crippen molar-refractivity contribution in [2.75, 3.05) is 26.2 Å². The molecule has 1 aromatic carbocycles. The van der Waals surface area contributed by atoms with Gasteiger partial charge in [-0.3, -0.25) is 9.69 Å². The number of halogens is 3. The van der Waals surface area contributed by atoms with E-state index in [4.69, 9.17) is 0 Å². The fourth-order valence-corrected chi connectivity index (χ4v) is 4.91. The molecular formula is C23H29F3N4O2. The van der Waals surface area contributed by atoms with Crippen LogP contribution in [-0.2, 0) is 0 Å². The average molecular weight is 451 g/mol. The van der Waals surface area contributed by atoms with Crippen LogP contribution in [0.25, 0.3) is 5.69 Å². The summed E-state index contributed by atoms with van der Waals surface area (Å²) in [5.41, 5.74) is 2.09. The van der Waals surface area contributed by atoms with Crippen molar-refractivity contribution >= 4 is 5.91 Å². The summed E-state index contributed by atoms with van der Waals surface area (Å²) in [4.78, 5) is 17.7. The monoisotopic (exact) mass is 450 g/mol. The number of nitrogens with zero attached hydrogens (tertiary/aromatic N) is 4. The molecule has 2 aliphatic heterocycles. The Hall–Kier alpha value is -2.55. The Kier molecular flexibility index (Phi) is 6.20. The smallest absolute Gasteiger partial charge is 0.406 e. The number of ether oxygens (including phenoxy) is 1. The maximum Gasteiger partial charge on any atom is 0.573 e. The fraction of sp³-hybridized carbons (Fsp3) is 0.565. The molecule has 0 radical (unpaired) electrons. The minimum absolute atomic E-state index is 0.0674. The van der Waals surface area contributed by atoms with Gasteiger partial charge in [0.25, 0.3) is 5.91 Å². The number of piperidine rings is 1. The Morgan fingerprint density at radius 2 is 1.84 bits per heavy atom. The topological polar surface area (TPSA) is 50.6 Å². The molecule has 0 saturated carbocycles. The van der Waals surface area contributed by atoms with E-state index in [1.54, 1.807) is 19.9 Å². The zero-order valence-corrected chi connectivity index (χ0v) is 18.7. The molecule has 6 nitrogen and oxygen atoms in total. The minimum atomic E-state index is -4.77. The van der Waals surface area contributed by atoms with E-state index in [1.807, 2.05) is 4.90 Å². The average Bonchev–Trinajstić information content (AvgIpc) is 3.29. The van der Waals surface area contributed by atoms with Crippen LogP contribution in [0.15, 0.2) is 24.3 Å². The number of benzene rings is 1. The van der Waals surface area contributed by atoms with E-state index in [0.717, 1.165) is 31.8 Å². The Bertz CT molecular complexity index is 980. The Morgan fingerprint density at radius 3 is 2.47 bits per heavy atom. The lowest BCUT2D eigenvalue weighted by Gasteiger charge is -2.36. The number of aromatic nitrogens is 2. The van der Waals surface area contributed by atoms with Crippen molar-refractivity contribution in [3.8, 4) is 11.4 Å². The van der Waals surface area contributed by atoms with Gasteiger partial charge in [0.2, 0.25) is 0 Å². The molecule has 0 bridgehead atoms. The molecule has 2 fully saturated rings. The molecule has 2 saturated heterocycles. The molecule has 32 heavy (non-hydrogen) atoms. The zero-order valence-electron chi connectivity index (χ0n) is 18.7. The van der Waals surface area contributed by atoms with Crippen LogP contribution < -0.4 is 4.74 Å². The third-order valence-corrected chi connectivity index (χ3v) is 6.52. The van der Waals surface area contributed by atoms with Crippen LogP contribution in [0, 0.1) is 19.8 Å². The molecule has 4 rings (SSSR count). The van der Waals surface area contributed by atoms with E-state index in [1.165, 1.54) is 29.3 Å². The highest BCUT2D eigenvalue weighted by Gasteiger charge is 2.33. The van der Waals surface area contributed by atoms with Gasteiger partial charge in [-0.1, -0.05) is 13.0 Å². The fourth-order valence-electron chi connectivity index (χ4n) is 4.91. The molecule has 3 heterocycles. The van der Waals surface area contributed by atoms with Crippen molar-refractivity contribution in [2.45, 2.75) is 52.4 Å². The molecule has 0 aliphatic carbocycles. The first-order valence-electron chi connectivity index (χ1n) is 11.1. The second kappa shape index (κ2) is 8.77. The van der Waals surface area contributed by atoms with Crippen molar-refractivity contribution in [1.82, 2.24) is 19.6 Å². The number of likely N-dealkylation sites (tertiary alicyclic amines) is 2. The van der Waals surface area contributed by atoms with E-state index in [-0.39, 0.29) is 11.7 Å². The molecule has 174 valence electrons. The Labute approximate surface area is 185 Å². The molecule has 0 N–H and O–H groups in total. The van der Waals surface area contributed by atoms with Crippen molar-refractivity contribution in [2.24, 2.45) is 5.92 Å². The third kappa shape index (κ3) is 4.77. The van der Waals surface area contributed by atoms with E-state index in [9.17, 15) is 18.0 Å². The van der Waals surface area contributed by atoms with Gasteiger partial charge in [-0.15, -0.1) is 13.2 Å². The maximum atomic E-state index is 13.3. The highest BCUT2D eigenvalue weighted by atomic mass is 19.4. The molecule has 1 unspecified atom stereocenters. The van der Waals surface area contributed by atoms with Gasteiger partial charge < -0.3 is 9.64 Å². The third-order valence-electron chi connectivity index (χ3n) is 6.52. The summed E-state index contributed by atoms with van der Waals surface area (Å²) in [6.07, 6.45) is -1.61. The van der Waals surface area contributed by atoms with Crippen LogP contribution in [-0.4, -0.2) is 64.1 Å². The van der Waals surface area contributed by atoms with E-state index >= 15 is 0 Å². The second-order valence-corrected chi connectivity index (χ2v) is 8.91. The Balaban J connectivity index is 1.49. The summed E-state index contributed by atoms with van der Waals surface area (Å²) in [5, 5.41) is 4.44. The van der Waals surface area contributed by atoms with Gasteiger partial charge in [-0.05, 0) is 57.7 Å². The van der Waals surface area contributed by atoms with E-state index in [0.29, 0.717) is 41.8 Å². The van der Waals surface area contributed by atoms with Crippen LogP contribution in [0.1, 0.15) is 47.9 Å². The number of alkyl halides is 3. The molecule has 2 aromatic rings. The highest BCUT2D eigenvalue weighted by molar-refractivity contribution is 5.96. The summed E-state index contributed by atoms with van der Waals surface area (Å²) in [6.45, 7) is 9.49. The summed E-state index contributed by atoms with van der Waals surface area (Å²) >= 11 is 0. The van der Waals surface area contributed by atoms with Gasteiger partial charge in [0.1, 0.15) is 5.75 Å². The molecular weight excluding hydrogens is 421 g/mol. The van der Waals surface area contributed by atoms with Crippen LogP contribution in [0.2, 0.25) is 0 Å². The lowest BCUT2D eigenvalue weighted by molar-refractivity contribution is -0.274. The van der Waals surface area contributed by atoms with Crippen molar-refractivity contribution in [3.05, 3.63) is 41.2 Å². The minimum Gasteiger partial charge on any atom is -0.406 e. The summed E-state index contributed by atoms with van der Waals surface area (Å²) < 4.78 is 43.3. The quantitative estimate of drug-likeness (QED) is 0.696. The molecule has 0 spiro atoms. The number of rotatable bonds is 4. The first-order valence-corrected chi connectivity index (χ1v) is 11.1. The van der Waals surface area contributed by atoms with Crippen LogP contribution in [0.5, 0.6) is 5.75 Å². The van der Waals surface area contributed by atoms with Gasteiger partial charge in [0.15, 0.2) is 0 Å². The molecule has 1 aromatic heterocycles. The standard InChI is InChI=1S/C23H29F3N4O2/c1-15-7-10-29(14-15)18-8-11-28(12-9-18)22(31)21-16(2)27-30(17(21)3)19-5-4-6-20(13-19)32-23(24,25)26/h4-6,13,15,18H,7-12,14H2,1-3H3. The largest absolute Gasteiger partial charge is 0.573 e. The van der Waals surface area contributed by atoms with Crippen molar-refractivity contribution in [3.63, 3.8) is 0 Å². The van der Waals surface area contributed by atoms with Gasteiger partial charge in [0, 0.05) is 31.7 Å². The predicted octanol–water partition coefficient (Wildman–Crippen LogP) is 4.33. The summed E-state index contributed by atoms with van der Waals surface area (Å²) in [6, 6.07) is 6.15. The highest BCUT2D eigenvalue weighted by Crippen LogP contribution is 2.28. The van der Waals surface area contributed by atoms with Gasteiger partial charge in [-0.2, -0.15) is 5.10 Å².